The van der Waals surface area contributed by atoms with E-state index in [1.165, 1.54) is 5.56 Å². The Bertz CT molecular complexity index is 1010. The van der Waals surface area contributed by atoms with Crippen LogP contribution in [-0.2, 0) is 11.2 Å². The Morgan fingerprint density at radius 2 is 2.06 bits per heavy atom. The molecule has 0 unspecified atom stereocenters. The summed E-state index contributed by atoms with van der Waals surface area (Å²) in [6, 6.07) is 14.1. The van der Waals surface area contributed by atoms with Crippen LogP contribution in [0.5, 0.6) is 0 Å². The molecule has 2 fully saturated rings. The van der Waals surface area contributed by atoms with Crippen LogP contribution >= 0.6 is 15.9 Å². The van der Waals surface area contributed by atoms with E-state index in [0.717, 1.165) is 54.4 Å². The third kappa shape index (κ3) is 3.80. The van der Waals surface area contributed by atoms with E-state index in [4.69, 9.17) is 0 Å². The van der Waals surface area contributed by atoms with Crippen LogP contribution in [0.1, 0.15) is 65.3 Å². The van der Waals surface area contributed by atoms with Crippen molar-refractivity contribution >= 4 is 27.7 Å². The summed E-state index contributed by atoms with van der Waals surface area (Å²) in [4.78, 5) is 28.8. The molecule has 0 bridgehead atoms. The summed E-state index contributed by atoms with van der Waals surface area (Å²) in [6.45, 7) is 3.71. The van der Waals surface area contributed by atoms with Gasteiger partial charge in [0.2, 0.25) is 5.91 Å². The predicted octanol–water partition coefficient (Wildman–Crippen LogP) is 4.14. The zero-order chi connectivity index (χ0) is 21.5. The number of carbonyl (C=O) groups is 2. The molecular formula is C25H28BrN3O2. The smallest absolute Gasteiger partial charge is 0.252 e. The fourth-order valence-electron chi connectivity index (χ4n) is 5.57. The molecule has 31 heavy (non-hydrogen) atoms. The van der Waals surface area contributed by atoms with Crippen LogP contribution in [0.2, 0.25) is 0 Å². The van der Waals surface area contributed by atoms with Crippen molar-refractivity contribution in [1.29, 1.82) is 0 Å². The molecule has 6 heteroatoms. The van der Waals surface area contributed by atoms with Gasteiger partial charge in [0.05, 0.1) is 18.0 Å². The van der Waals surface area contributed by atoms with E-state index in [0.29, 0.717) is 5.56 Å². The van der Waals surface area contributed by atoms with E-state index in [-0.39, 0.29) is 35.9 Å². The summed E-state index contributed by atoms with van der Waals surface area (Å²) < 4.78 is 0.910. The molecule has 3 aliphatic heterocycles. The number of hydrogen-bond donors (Lipinski definition) is 2. The van der Waals surface area contributed by atoms with Gasteiger partial charge in [0.1, 0.15) is 0 Å². The molecule has 2 N–H and O–H groups in total. The second kappa shape index (κ2) is 8.40. The lowest BCUT2D eigenvalue weighted by atomic mass is 9.76. The van der Waals surface area contributed by atoms with Gasteiger partial charge in [-0.3, -0.25) is 9.59 Å². The van der Waals surface area contributed by atoms with E-state index < -0.39 is 0 Å². The monoisotopic (exact) mass is 481 g/mol. The second-order valence-electron chi connectivity index (χ2n) is 8.97. The summed E-state index contributed by atoms with van der Waals surface area (Å²) in [5.41, 5.74) is 3.97. The largest absolute Gasteiger partial charge is 0.346 e. The molecule has 2 aromatic carbocycles. The molecule has 0 saturated carbocycles. The third-order valence-corrected chi connectivity index (χ3v) is 7.57. The predicted molar refractivity (Wildman–Crippen MR) is 124 cm³/mol. The maximum absolute atomic E-state index is 13.4. The first kappa shape index (κ1) is 20.7. The van der Waals surface area contributed by atoms with E-state index >= 15 is 0 Å². The van der Waals surface area contributed by atoms with E-state index in [9.17, 15) is 9.59 Å². The molecule has 3 heterocycles. The molecule has 3 aliphatic rings. The highest BCUT2D eigenvalue weighted by molar-refractivity contribution is 9.10. The summed E-state index contributed by atoms with van der Waals surface area (Å²) in [5, 5.41) is 6.75. The molecule has 2 aromatic rings. The summed E-state index contributed by atoms with van der Waals surface area (Å²) >= 11 is 3.60. The highest BCUT2D eigenvalue weighted by Gasteiger charge is 2.46. The highest BCUT2D eigenvalue weighted by Crippen LogP contribution is 2.43. The Morgan fingerprint density at radius 1 is 1.26 bits per heavy atom. The van der Waals surface area contributed by atoms with Crippen molar-refractivity contribution in [1.82, 2.24) is 15.5 Å². The number of carbonyl (C=O) groups excluding carboxylic acids is 2. The third-order valence-electron chi connectivity index (χ3n) is 7.12. The van der Waals surface area contributed by atoms with Crippen molar-refractivity contribution in [2.45, 2.75) is 50.7 Å². The van der Waals surface area contributed by atoms with Gasteiger partial charge in [0.15, 0.2) is 0 Å². The Kier molecular flexibility index (Phi) is 5.61. The minimum Gasteiger partial charge on any atom is -0.346 e. The molecule has 0 spiro atoms. The molecule has 2 amide bonds. The van der Waals surface area contributed by atoms with Gasteiger partial charge in [-0.05, 0) is 68.0 Å². The van der Waals surface area contributed by atoms with Crippen molar-refractivity contribution in [3.8, 4) is 0 Å². The van der Waals surface area contributed by atoms with E-state index in [1.807, 2.05) is 48.2 Å². The first-order chi connectivity index (χ1) is 15.0. The van der Waals surface area contributed by atoms with Gasteiger partial charge in [-0.1, -0.05) is 46.3 Å². The number of hydrogen-bond acceptors (Lipinski definition) is 3. The van der Waals surface area contributed by atoms with Gasteiger partial charge in [0.25, 0.3) is 5.91 Å². The van der Waals surface area contributed by atoms with Gasteiger partial charge in [-0.25, -0.2) is 0 Å². The van der Waals surface area contributed by atoms with Crippen LogP contribution in [0.25, 0.3) is 0 Å². The van der Waals surface area contributed by atoms with Gasteiger partial charge in [0, 0.05) is 22.6 Å². The van der Waals surface area contributed by atoms with Crippen LogP contribution in [-0.4, -0.2) is 35.8 Å². The van der Waals surface area contributed by atoms with Crippen LogP contribution in [0.15, 0.2) is 46.9 Å². The van der Waals surface area contributed by atoms with Gasteiger partial charge in [-0.15, -0.1) is 0 Å². The standard InChI is InChI=1S/C25H28BrN3O2/c1-15(16-6-3-2-4-7-16)28-24(30)20-13-18(26)12-17-9-11-29-22(23(17)20)14-21-19(25(29)31)8-5-10-27-21/h2-4,6-7,12-13,15,19,21-22,27H,5,8-11,14H2,1H3,(H,28,30)/t15-,19+,21+,22-/m1/s1. The van der Waals surface area contributed by atoms with Gasteiger partial charge < -0.3 is 15.5 Å². The number of rotatable bonds is 3. The maximum Gasteiger partial charge on any atom is 0.252 e. The number of benzene rings is 2. The lowest BCUT2D eigenvalue weighted by Crippen LogP contribution is -2.58. The molecule has 0 aromatic heterocycles. The summed E-state index contributed by atoms with van der Waals surface area (Å²) in [7, 11) is 0. The second-order valence-corrected chi connectivity index (χ2v) is 9.89. The fourth-order valence-corrected chi connectivity index (χ4v) is 6.08. The first-order valence-electron chi connectivity index (χ1n) is 11.2. The maximum atomic E-state index is 13.4. The molecule has 2 saturated heterocycles. The number of nitrogens with zero attached hydrogens (tertiary/aromatic N) is 1. The van der Waals surface area contributed by atoms with Crippen LogP contribution in [0, 0.1) is 5.92 Å². The number of fused-ring (bicyclic) bond motifs is 4. The van der Waals surface area contributed by atoms with Crippen molar-refractivity contribution in [2.75, 3.05) is 13.1 Å². The molecule has 5 rings (SSSR count). The molecule has 0 aliphatic carbocycles. The molecule has 162 valence electrons. The Labute approximate surface area is 191 Å². The topological polar surface area (TPSA) is 61.4 Å². The molecule has 4 atom stereocenters. The Morgan fingerprint density at radius 3 is 2.87 bits per heavy atom. The number of nitrogens with one attached hydrogen (secondary N) is 2. The number of halogens is 1. The Hall–Kier alpha value is -2.18. The van der Waals surface area contributed by atoms with Gasteiger partial charge >= 0.3 is 0 Å². The highest BCUT2D eigenvalue weighted by atomic mass is 79.9. The Balaban J connectivity index is 1.49. The van der Waals surface area contributed by atoms with Crippen LogP contribution in [0.4, 0.5) is 0 Å². The van der Waals surface area contributed by atoms with Crippen molar-refractivity contribution in [3.63, 3.8) is 0 Å². The first-order valence-corrected chi connectivity index (χ1v) is 12.0. The SMILES string of the molecule is C[C@@H](NC(=O)c1cc(Br)cc2c1[C@H]1C[C@@H]3NCCC[C@@H]3C(=O)N1CC2)c1ccccc1. The minimum atomic E-state index is -0.0968. The quantitative estimate of drug-likeness (QED) is 0.692. The zero-order valence-electron chi connectivity index (χ0n) is 17.7. The molecular weight excluding hydrogens is 454 g/mol. The average Bonchev–Trinajstić information content (AvgIpc) is 2.79. The lowest BCUT2D eigenvalue weighted by molar-refractivity contribution is -0.145. The number of amides is 2. The summed E-state index contributed by atoms with van der Waals surface area (Å²) in [5.74, 6) is 0.255. The number of piperidine rings is 2. The molecule has 5 nitrogen and oxygen atoms in total. The van der Waals surface area contributed by atoms with Crippen molar-refractivity contribution < 1.29 is 9.59 Å². The normalized spacial score (nSPS) is 25.8. The minimum absolute atomic E-state index is 0.0380. The molecule has 0 radical (unpaired) electrons. The summed E-state index contributed by atoms with van der Waals surface area (Å²) in [6.07, 6.45) is 3.69. The van der Waals surface area contributed by atoms with Crippen molar-refractivity contribution in [3.05, 3.63) is 69.2 Å². The van der Waals surface area contributed by atoms with Crippen LogP contribution < -0.4 is 10.6 Å². The van der Waals surface area contributed by atoms with Crippen LogP contribution in [0.3, 0.4) is 0 Å². The van der Waals surface area contributed by atoms with E-state index in [1.54, 1.807) is 0 Å². The lowest BCUT2D eigenvalue weighted by Gasteiger charge is -2.48. The zero-order valence-corrected chi connectivity index (χ0v) is 19.3. The van der Waals surface area contributed by atoms with Crippen molar-refractivity contribution in [2.24, 2.45) is 5.92 Å². The average molecular weight is 482 g/mol. The fraction of sp³-hybridized carbons (Fsp3) is 0.440. The van der Waals surface area contributed by atoms with E-state index in [2.05, 4.69) is 32.6 Å². The van der Waals surface area contributed by atoms with Gasteiger partial charge in [-0.2, -0.15) is 0 Å².